The Morgan fingerprint density at radius 1 is 1.53 bits per heavy atom. The third-order valence-electron chi connectivity index (χ3n) is 2.72. The number of hydrogen-bond donors (Lipinski definition) is 1. The van der Waals surface area contributed by atoms with Crippen molar-refractivity contribution in [1.29, 1.82) is 0 Å². The number of ether oxygens (including phenoxy) is 1. The van der Waals surface area contributed by atoms with E-state index in [9.17, 15) is 0 Å². The summed E-state index contributed by atoms with van der Waals surface area (Å²) >= 11 is 0. The Hall–Kier alpha value is -1.09. The molecule has 3 heteroatoms. The summed E-state index contributed by atoms with van der Waals surface area (Å²) in [5, 5.41) is 3.09. The summed E-state index contributed by atoms with van der Waals surface area (Å²) in [6.45, 7) is 1.50. The Morgan fingerprint density at radius 3 is 3.13 bits per heavy atom. The van der Waals surface area contributed by atoms with Gasteiger partial charge in [0, 0.05) is 25.5 Å². The smallest absolute Gasteiger partial charge is 0.0888 e. The van der Waals surface area contributed by atoms with Gasteiger partial charge < -0.3 is 10.1 Å². The summed E-state index contributed by atoms with van der Waals surface area (Å²) in [6, 6.07) is 3.98. The lowest BCUT2D eigenvalue weighted by Gasteiger charge is -2.05. The number of pyridine rings is 1. The summed E-state index contributed by atoms with van der Waals surface area (Å²) in [7, 11) is 1.91. The van der Waals surface area contributed by atoms with Gasteiger partial charge in [0.25, 0.3) is 0 Å². The first-order valence-electron chi connectivity index (χ1n) is 5.59. The van der Waals surface area contributed by atoms with Gasteiger partial charge in [-0.25, -0.2) is 0 Å². The fourth-order valence-electron chi connectivity index (χ4n) is 1.55. The molecule has 0 unspecified atom stereocenters. The maximum Gasteiger partial charge on any atom is 0.0888 e. The molecule has 0 radical (unpaired) electrons. The van der Waals surface area contributed by atoms with Crippen molar-refractivity contribution < 1.29 is 4.74 Å². The first-order valence-corrected chi connectivity index (χ1v) is 5.59. The fraction of sp³-hybridized carbons (Fsp3) is 0.583. The predicted octanol–water partition coefficient (Wildman–Crippen LogP) is 2.44. The van der Waals surface area contributed by atoms with Crippen LogP contribution in [-0.2, 0) is 11.3 Å². The molecule has 1 saturated carbocycles. The van der Waals surface area contributed by atoms with Crippen LogP contribution in [0.4, 0.5) is 5.69 Å². The molecule has 2 rings (SSSR count). The van der Waals surface area contributed by atoms with Crippen LogP contribution in [-0.4, -0.2) is 18.6 Å². The van der Waals surface area contributed by atoms with Crippen LogP contribution in [0.1, 0.15) is 25.0 Å². The van der Waals surface area contributed by atoms with Gasteiger partial charge in [-0.2, -0.15) is 0 Å². The maximum atomic E-state index is 5.58. The Bertz CT molecular complexity index is 310. The van der Waals surface area contributed by atoms with Gasteiger partial charge in [-0.1, -0.05) is 12.8 Å². The molecular formula is C12H18N2O. The number of rotatable bonds is 6. The zero-order valence-corrected chi connectivity index (χ0v) is 9.20. The van der Waals surface area contributed by atoms with E-state index < -0.39 is 0 Å². The van der Waals surface area contributed by atoms with E-state index >= 15 is 0 Å². The van der Waals surface area contributed by atoms with Crippen LogP contribution >= 0.6 is 0 Å². The topological polar surface area (TPSA) is 34.2 Å². The summed E-state index contributed by atoms with van der Waals surface area (Å²) in [6.07, 6.45) is 5.82. The van der Waals surface area contributed by atoms with Crippen LogP contribution in [0.3, 0.4) is 0 Å². The van der Waals surface area contributed by atoms with Gasteiger partial charge in [0.2, 0.25) is 0 Å². The molecule has 1 N–H and O–H groups in total. The molecule has 1 fully saturated rings. The van der Waals surface area contributed by atoms with E-state index in [4.69, 9.17) is 4.74 Å². The van der Waals surface area contributed by atoms with Gasteiger partial charge in [0.15, 0.2) is 0 Å². The van der Waals surface area contributed by atoms with Crippen LogP contribution in [0, 0.1) is 5.92 Å². The van der Waals surface area contributed by atoms with Crippen LogP contribution in [0.15, 0.2) is 18.3 Å². The van der Waals surface area contributed by atoms with Crippen LogP contribution in [0.2, 0.25) is 0 Å². The van der Waals surface area contributed by atoms with Gasteiger partial charge >= 0.3 is 0 Å². The second kappa shape index (κ2) is 5.12. The molecule has 0 aromatic carbocycles. The quantitative estimate of drug-likeness (QED) is 0.726. The summed E-state index contributed by atoms with van der Waals surface area (Å²) in [4.78, 5) is 4.25. The molecule has 1 aromatic rings. The largest absolute Gasteiger partial charge is 0.388 e. The Balaban J connectivity index is 1.71. The monoisotopic (exact) mass is 206 g/mol. The van der Waals surface area contributed by atoms with Crippen molar-refractivity contribution in [3.8, 4) is 0 Å². The first-order chi connectivity index (χ1) is 7.38. The van der Waals surface area contributed by atoms with Crippen LogP contribution in [0.5, 0.6) is 0 Å². The zero-order chi connectivity index (χ0) is 10.5. The molecule has 1 aliphatic carbocycles. The van der Waals surface area contributed by atoms with E-state index in [0.717, 1.165) is 23.9 Å². The predicted molar refractivity (Wildman–Crippen MR) is 60.8 cm³/mol. The molecule has 0 atom stereocenters. The zero-order valence-electron chi connectivity index (χ0n) is 9.20. The second-order valence-electron chi connectivity index (χ2n) is 4.07. The highest BCUT2D eigenvalue weighted by Gasteiger charge is 2.20. The molecule has 0 saturated heterocycles. The SMILES string of the molecule is CNc1ccnc(COCCC2CC2)c1. The standard InChI is InChI=1S/C12H18N2O/c1-13-11-4-6-14-12(8-11)9-15-7-5-10-2-3-10/h4,6,8,10H,2-3,5,7,9H2,1H3,(H,13,14). The molecule has 0 aliphatic heterocycles. The van der Waals surface area contributed by atoms with Crippen molar-refractivity contribution >= 4 is 5.69 Å². The summed E-state index contributed by atoms with van der Waals surface area (Å²) < 4.78 is 5.58. The number of hydrogen-bond acceptors (Lipinski definition) is 3. The highest BCUT2D eigenvalue weighted by atomic mass is 16.5. The van der Waals surface area contributed by atoms with E-state index in [1.54, 1.807) is 0 Å². The van der Waals surface area contributed by atoms with Crippen LogP contribution < -0.4 is 5.32 Å². The molecule has 1 heterocycles. The maximum absolute atomic E-state index is 5.58. The lowest BCUT2D eigenvalue weighted by molar-refractivity contribution is 0.112. The molecule has 0 bridgehead atoms. The first kappa shape index (κ1) is 10.4. The van der Waals surface area contributed by atoms with Crippen molar-refractivity contribution in [2.75, 3.05) is 19.0 Å². The van der Waals surface area contributed by atoms with Gasteiger partial charge in [0.1, 0.15) is 0 Å². The molecule has 1 aromatic heterocycles. The van der Waals surface area contributed by atoms with Gasteiger partial charge in [-0.3, -0.25) is 4.98 Å². The molecule has 15 heavy (non-hydrogen) atoms. The summed E-state index contributed by atoms with van der Waals surface area (Å²) in [5.41, 5.74) is 2.09. The highest BCUT2D eigenvalue weighted by Crippen LogP contribution is 2.32. The minimum atomic E-state index is 0.627. The van der Waals surface area contributed by atoms with Crippen molar-refractivity contribution in [2.24, 2.45) is 5.92 Å². The van der Waals surface area contributed by atoms with E-state index in [2.05, 4.69) is 10.3 Å². The fourth-order valence-corrected chi connectivity index (χ4v) is 1.55. The third kappa shape index (κ3) is 3.51. The van der Waals surface area contributed by atoms with E-state index in [-0.39, 0.29) is 0 Å². The van der Waals surface area contributed by atoms with Crippen molar-refractivity contribution in [1.82, 2.24) is 4.98 Å². The minimum absolute atomic E-state index is 0.627. The van der Waals surface area contributed by atoms with Crippen molar-refractivity contribution in [3.63, 3.8) is 0 Å². The third-order valence-corrected chi connectivity index (χ3v) is 2.72. The number of nitrogens with zero attached hydrogens (tertiary/aromatic N) is 1. The Morgan fingerprint density at radius 2 is 2.40 bits per heavy atom. The van der Waals surface area contributed by atoms with E-state index in [1.165, 1.54) is 19.3 Å². The molecule has 0 spiro atoms. The lowest BCUT2D eigenvalue weighted by atomic mass is 10.3. The number of aromatic nitrogens is 1. The van der Waals surface area contributed by atoms with E-state index in [1.807, 2.05) is 25.4 Å². The lowest BCUT2D eigenvalue weighted by Crippen LogP contribution is -1.99. The van der Waals surface area contributed by atoms with Crippen molar-refractivity contribution in [2.45, 2.75) is 25.9 Å². The summed E-state index contributed by atoms with van der Waals surface area (Å²) in [5.74, 6) is 0.946. The Kier molecular flexibility index (Phi) is 3.56. The number of nitrogens with one attached hydrogen (secondary N) is 1. The van der Waals surface area contributed by atoms with Gasteiger partial charge in [-0.15, -0.1) is 0 Å². The molecule has 0 amide bonds. The molecular weight excluding hydrogens is 188 g/mol. The normalized spacial score (nSPS) is 15.3. The molecule has 3 nitrogen and oxygen atoms in total. The second-order valence-corrected chi connectivity index (χ2v) is 4.07. The van der Waals surface area contributed by atoms with E-state index in [0.29, 0.717) is 6.61 Å². The van der Waals surface area contributed by atoms with Crippen molar-refractivity contribution in [3.05, 3.63) is 24.0 Å². The van der Waals surface area contributed by atoms with Gasteiger partial charge in [0.05, 0.1) is 12.3 Å². The van der Waals surface area contributed by atoms with Gasteiger partial charge in [-0.05, 0) is 24.5 Å². The molecule has 82 valence electrons. The molecule has 1 aliphatic rings. The van der Waals surface area contributed by atoms with Crippen LogP contribution in [0.25, 0.3) is 0 Å². The highest BCUT2D eigenvalue weighted by molar-refractivity contribution is 5.42. The Labute approximate surface area is 90.9 Å². The number of anilines is 1. The average Bonchev–Trinajstić information content (AvgIpc) is 3.09. The minimum Gasteiger partial charge on any atom is -0.388 e. The average molecular weight is 206 g/mol.